The first-order valence-electron chi connectivity index (χ1n) is 6.36. The third-order valence-corrected chi connectivity index (χ3v) is 2.37. The number of nitrogens with zero attached hydrogens (tertiary/aromatic N) is 2. The number of nitriles is 1. The standard InChI is InChI=1S/C13H27N3O/c1-11(2)9-16(6-7-17-5)10-13(8-14)15-12(3)4/h11-13,15H,6-7,9-10H2,1-5H3. The van der Waals surface area contributed by atoms with Gasteiger partial charge < -0.3 is 4.74 Å². The largest absolute Gasteiger partial charge is 0.383 e. The lowest BCUT2D eigenvalue weighted by atomic mass is 10.2. The van der Waals surface area contributed by atoms with Gasteiger partial charge in [-0.15, -0.1) is 0 Å². The Morgan fingerprint density at radius 2 is 1.88 bits per heavy atom. The van der Waals surface area contributed by atoms with Crippen molar-refractivity contribution in [1.82, 2.24) is 10.2 Å². The molecule has 0 aromatic carbocycles. The van der Waals surface area contributed by atoms with E-state index in [1.165, 1.54) is 0 Å². The zero-order valence-electron chi connectivity index (χ0n) is 11.9. The molecule has 100 valence electrons. The molecule has 0 spiro atoms. The van der Waals surface area contributed by atoms with E-state index < -0.39 is 0 Å². The van der Waals surface area contributed by atoms with Crippen LogP contribution in [0.5, 0.6) is 0 Å². The van der Waals surface area contributed by atoms with Crippen LogP contribution in [-0.2, 0) is 4.74 Å². The van der Waals surface area contributed by atoms with Crippen molar-refractivity contribution in [3.05, 3.63) is 0 Å². The van der Waals surface area contributed by atoms with Gasteiger partial charge in [0.1, 0.15) is 6.04 Å². The number of hydrogen-bond donors (Lipinski definition) is 1. The van der Waals surface area contributed by atoms with Crippen LogP contribution in [0.25, 0.3) is 0 Å². The van der Waals surface area contributed by atoms with Gasteiger partial charge in [-0.05, 0) is 19.8 Å². The topological polar surface area (TPSA) is 48.3 Å². The molecule has 17 heavy (non-hydrogen) atoms. The number of rotatable bonds is 9. The maximum atomic E-state index is 9.11. The fourth-order valence-corrected chi connectivity index (χ4v) is 1.79. The molecule has 0 rings (SSSR count). The first kappa shape index (κ1) is 16.4. The summed E-state index contributed by atoms with van der Waals surface area (Å²) in [5.74, 6) is 0.602. The Kier molecular flexibility index (Phi) is 9.06. The summed E-state index contributed by atoms with van der Waals surface area (Å²) in [5.41, 5.74) is 0. The quantitative estimate of drug-likeness (QED) is 0.664. The summed E-state index contributed by atoms with van der Waals surface area (Å²) in [5, 5.41) is 12.4. The summed E-state index contributed by atoms with van der Waals surface area (Å²) < 4.78 is 5.11. The summed E-state index contributed by atoms with van der Waals surface area (Å²) in [4.78, 5) is 2.29. The molecule has 0 aliphatic heterocycles. The summed E-state index contributed by atoms with van der Waals surface area (Å²) in [7, 11) is 1.71. The van der Waals surface area contributed by atoms with Crippen LogP contribution in [0.2, 0.25) is 0 Å². The van der Waals surface area contributed by atoms with Gasteiger partial charge in [0.15, 0.2) is 0 Å². The molecule has 0 heterocycles. The molecule has 0 radical (unpaired) electrons. The van der Waals surface area contributed by atoms with Crippen LogP contribution >= 0.6 is 0 Å². The fourth-order valence-electron chi connectivity index (χ4n) is 1.79. The van der Waals surface area contributed by atoms with E-state index in [-0.39, 0.29) is 6.04 Å². The average Bonchev–Trinajstić information content (AvgIpc) is 2.23. The van der Waals surface area contributed by atoms with E-state index in [9.17, 15) is 0 Å². The minimum absolute atomic E-state index is 0.106. The van der Waals surface area contributed by atoms with E-state index in [4.69, 9.17) is 10.00 Å². The van der Waals surface area contributed by atoms with Gasteiger partial charge in [0.2, 0.25) is 0 Å². The molecule has 0 bridgehead atoms. The van der Waals surface area contributed by atoms with E-state index in [1.807, 2.05) is 0 Å². The highest BCUT2D eigenvalue weighted by Gasteiger charge is 2.15. The van der Waals surface area contributed by atoms with Gasteiger partial charge in [-0.25, -0.2) is 0 Å². The maximum Gasteiger partial charge on any atom is 0.108 e. The number of nitrogens with one attached hydrogen (secondary N) is 1. The minimum Gasteiger partial charge on any atom is -0.383 e. The molecule has 4 heteroatoms. The van der Waals surface area contributed by atoms with Gasteiger partial charge in [-0.1, -0.05) is 13.8 Å². The van der Waals surface area contributed by atoms with Crippen molar-refractivity contribution in [2.24, 2.45) is 5.92 Å². The van der Waals surface area contributed by atoms with Crippen molar-refractivity contribution in [2.75, 3.05) is 33.4 Å². The normalized spacial score (nSPS) is 13.4. The zero-order valence-corrected chi connectivity index (χ0v) is 11.9. The smallest absolute Gasteiger partial charge is 0.108 e. The van der Waals surface area contributed by atoms with Gasteiger partial charge in [0.25, 0.3) is 0 Å². The third-order valence-electron chi connectivity index (χ3n) is 2.37. The molecule has 4 nitrogen and oxygen atoms in total. The van der Waals surface area contributed by atoms with Crippen LogP contribution in [0.1, 0.15) is 27.7 Å². The molecule has 0 aliphatic rings. The molecule has 0 saturated heterocycles. The van der Waals surface area contributed by atoms with Crippen LogP contribution in [0.3, 0.4) is 0 Å². The number of methoxy groups -OCH3 is 1. The molecule has 1 N–H and O–H groups in total. The summed E-state index contributed by atoms with van der Waals surface area (Å²) in [6.07, 6.45) is 0. The molecule has 0 amide bonds. The molecule has 0 saturated carbocycles. The molecule has 0 aliphatic carbocycles. The molecule has 0 aromatic heterocycles. The Balaban J connectivity index is 4.22. The van der Waals surface area contributed by atoms with Gasteiger partial charge >= 0.3 is 0 Å². The highest BCUT2D eigenvalue weighted by atomic mass is 16.5. The second-order valence-corrected chi connectivity index (χ2v) is 5.15. The van der Waals surface area contributed by atoms with Crippen LogP contribution in [0.15, 0.2) is 0 Å². The van der Waals surface area contributed by atoms with E-state index >= 15 is 0 Å². The van der Waals surface area contributed by atoms with Crippen molar-refractivity contribution in [2.45, 2.75) is 39.8 Å². The fraction of sp³-hybridized carbons (Fsp3) is 0.923. The summed E-state index contributed by atoms with van der Waals surface area (Å²) in [6.45, 7) is 11.9. The Labute approximate surface area is 106 Å². The summed E-state index contributed by atoms with van der Waals surface area (Å²) >= 11 is 0. The molecule has 0 fully saturated rings. The van der Waals surface area contributed by atoms with E-state index in [0.717, 1.165) is 19.6 Å². The molecular formula is C13H27N3O. The number of hydrogen-bond acceptors (Lipinski definition) is 4. The molecular weight excluding hydrogens is 214 g/mol. The predicted octanol–water partition coefficient (Wildman–Crippen LogP) is 1.48. The summed E-state index contributed by atoms with van der Waals surface area (Å²) in [6, 6.07) is 2.55. The average molecular weight is 241 g/mol. The van der Waals surface area contributed by atoms with Gasteiger partial charge in [-0.3, -0.25) is 10.2 Å². The van der Waals surface area contributed by atoms with E-state index in [2.05, 4.69) is 44.0 Å². The SMILES string of the molecule is COCCN(CC(C)C)CC(C#N)NC(C)C. The lowest BCUT2D eigenvalue weighted by molar-refractivity contribution is 0.136. The minimum atomic E-state index is -0.106. The highest BCUT2D eigenvalue weighted by molar-refractivity contribution is 4.93. The van der Waals surface area contributed by atoms with Gasteiger partial charge in [0, 0.05) is 32.8 Å². The molecule has 0 aromatic rings. The lowest BCUT2D eigenvalue weighted by Crippen LogP contribution is -2.45. The molecule has 1 atom stereocenters. The van der Waals surface area contributed by atoms with Crippen molar-refractivity contribution >= 4 is 0 Å². The van der Waals surface area contributed by atoms with Crippen molar-refractivity contribution in [1.29, 1.82) is 5.26 Å². The number of ether oxygens (including phenoxy) is 1. The zero-order chi connectivity index (χ0) is 13.3. The second kappa shape index (κ2) is 9.41. The van der Waals surface area contributed by atoms with E-state index in [1.54, 1.807) is 7.11 Å². The second-order valence-electron chi connectivity index (χ2n) is 5.15. The molecule has 1 unspecified atom stereocenters. The van der Waals surface area contributed by atoms with Crippen LogP contribution < -0.4 is 5.32 Å². The monoisotopic (exact) mass is 241 g/mol. The Morgan fingerprint density at radius 1 is 1.24 bits per heavy atom. The first-order chi connectivity index (χ1) is 7.99. The predicted molar refractivity (Wildman–Crippen MR) is 70.8 cm³/mol. The highest BCUT2D eigenvalue weighted by Crippen LogP contribution is 2.01. The Bertz CT molecular complexity index is 223. The Morgan fingerprint density at radius 3 is 2.29 bits per heavy atom. The van der Waals surface area contributed by atoms with Crippen LogP contribution in [0, 0.1) is 17.2 Å². The van der Waals surface area contributed by atoms with Crippen LogP contribution in [-0.4, -0.2) is 50.3 Å². The van der Waals surface area contributed by atoms with E-state index in [0.29, 0.717) is 18.6 Å². The van der Waals surface area contributed by atoms with Crippen LogP contribution in [0.4, 0.5) is 0 Å². The van der Waals surface area contributed by atoms with Crippen molar-refractivity contribution in [3.63, 3.8) is 0 Å². The first-order valence-corrected chi connectivity index (χ1v) is 6.36. The third kappa shape index (κ3) is 9.11. The Hall–Kier alpha value is -0.630. The lowest BCUT2D eigenvalue weighted by Gasteiger charge is -2.27. The van der Waals surface area contributed by atoms with Gasteiger partial charge in [0.05, 0.1) is 12.7 Å². The van der Waals surface area contributed by atoms with Gasteiger partial charge in [-0.2, -0.15) is 5.26 Å². The van der Waals surface area contributed by atoms with Crippen molar-refractivity contribution in [3.8, 4) is 6.07 Å². The maximum absolute atomic E-state index is 9.11. The van der Waals surface area contributed by atoms with Crippen molar-refractivity contribution < 1.29 is 4.74 Å².